The van der Waals surface area contributed by atoms with Crippen molar-refractivity contribution in [3.63, 3.8) is 0 Å². The highest BCUT2D eigenvalue weighted by atomic mass is 35.5. The number of benzene rings is 2. The largest absolute Gasteiger partial charge is 0.465 e. The molecule has 0 spiro atoms. The fraction of sp³-hybridized carbons (Fsp3) is 0.263. The van der Waals surface area contributed by atoms with E-state index in [0.29, 0.717) is 33.5 Å². The molecule has 138 valence electrons. The SMILES string of the molecule is COC(=O)c1ccc(NCc2ccc(Cl)c(Cl)c2)c(NC(=O)C(C)C)c1. The van der Waals surface area contributed by atoms with E-state index in [1.54, 1.807) is 44.2 Å². The Hall–Kier alpha value is -2.24. The number of carbonyl (C=O) groups is 2. The quantitative estimate of drug-likeness (QED) is 0.677. The van der Waals surface area contributed by atoms with Crippen molar-refractivity contribution in [1.82, 2.24) is 0 Å². The van der Waals surface area contributed by atoms with Crippen molar-refractivity contribution in [3.05, 3.63) is 57.6 Å². The molecule has 0 saturated carbocycles. The van der Waals surface area contributed by atoms with Crippen LogP contribution in [0.5, 0.6) is 0 Å². The maximum Gasteiger partial charge on any atom is 0.337 e. The van der Waals surface area contributed by atoms with Crippen molar-refractivity contribution in [3.8, 4) is 0 Å². The van der Waals surface area contributed by atoms with E-state index in [4.69, 9.17) is 27.9 Å². The molecule has 26 heavy (non-hydrogen) atoms. The number of esters is 1. The third-order valence-electron chi connectivity index (χ3n) is 3.69. The van der Waals surface area contributed by atoms with E-state index in [9.17, 15) is 9.59 Å². The molecule has 0 unspecified atom stereocenters. The van der Waals surface area contributed by atoms with E-state index >= 15 is 0 Å². The zero-order chi connectivity index (χ0) is 19.3. The summed E-state index contributed by atoms with van der Waals surface area (Å²) in [6.07, 6.45) is 0. The van der Waals surface area contributed by atoms with E-state index in [1.165, 1.54) is 7.11 Å². The summed E-state index contributed by atoms with van der Waals surface area (Å²) in [7, 11) is 1.31. The van der Waals surface area contributed by atoms with Crippen LogP contribution in [0, 0.1) is 5.92 Å². The van der Waals surface area contributed by atoms with Gasteiger partial charge in [-0.25, -0.2) is 4.79 Å². The molecular weight excluding hydrogens is 375 g/mol. The first-order valence-electron chi connectivity index (χ1n) is 8.03. The van der Waals surface area contributed by atoms with Crippen LogP contribution in [-0.4, -0.2) is 19.0 Å². The zero-order valence-electron chi connectivity index (χ0n) is 14.7. The van der Waals surface area contributed by atoms with Crippen LogP contribution >= 0.6 is 23.2 Å². The monoisotopic (exact) mass is 394 g/mol. The molecule has 0 aliphatic rings. The van der Waals surface area contributed by atoms with Crippen molar-refractivity contribution >= 4 is 46.5 Å². The minimum atomic E-state index is -0.471. The van der Waals surface area contributed by atoms with E-state index in [0.717, 1.165) is 5.56 Å². The number of carbonyl (C=O) groups excluding carboxylic acids is 2. The minimum Gasteiger partial charge on any atom is -0.465 e. The molecule has 0 radical (unpaired) electrons. The van der Waals surface area contributed by atoms with Crippen LogP contribution in [0.1, 0.15) is 29.8 Å². The van der Waals surface area contributed by atoms with E-state index in [-0.39, 0.29) is 11.8 Å². The second-order valence-electron chi connectivity index (χ2n) is 6.00. The topological polar surface area (TPSA) is 67.4 Å². The molecule has 0 aliphatic heterocycles. The summed E-state index contributed by atoms with van der Waals surface area (Å²) in [5.74, 6) is -0.814. The summed E-state index contributed by atoms with van der Waals surface area (Å²) in [4.78, 5) is 23.8. The van der Waals surface area contributed by atoms with Gasteiger partial charge in [-0.1, -0.05) is 43.1 Å². The van der Waals surface area contributed by atoms with Gasteiger partial charge in [0.15, 0.2) is 0 Å². The number of methoxy groups -OCH3 is 1. The molecule has 5 nitrogen and oxygen atoms in total. The molecule has 0 aromatic heterocycles. The van der Waals surface area contributed by atoms with Crippen LogP contribution in [0.4, 0.5) is 11.4 Å². The van der Waals surface area contributed by atoms with Crippen LogP contribution in [-0.2, 0) is 16.1 Å². The fourth-order valence-electron chi connectivity index (χ4n) is 2.17. The summed E-state index contributed by atoms with van der Waals surface area (Å²) < 4.78 is 4.74. The smallest absolute Gasteiger partial charge is 0.337 e. The molecule has 0 aliphatic carbocycles. The van der Waals surface area contributed by atoms with Gasteiger partial charge in [-0.2, -0.15) is 0 Å². The number of ether oxygens (including phenoxy) is 1. The van der Waals surface area contributed by atoms with Crippen LogP contribution in [0.3, 0.4) is 0 Å². The summed E-state index contributed by atoms with van der Waals surface area (Å²) in [6.45, 7) is 4.06. The van der Waals surface area contributed by atoms with Gasteiger partial charge in [0.2, 0.25) is 5.91 Å². The van der Waals surface area contributed by atoms with Crippen molar-refractivity contribution in [2.45, 2.75) is 20.4 Å². The summed E-state index contributed by atoms with van der Waals surface area (Å²) in [5.41, 5.74) is 2.47. The molecule has 1 amide bonds. The first-order chi connectivity index (χ1) is 12.3. The van der Waals surface area contributed by atoms with Gasteiger partial charge in [0.1, 0.15) is 0 Å². The number of amides is 1. The predicted molar refractivity (Wildman–Crippen MR) is 105 cm³/mol. The average molecular weight is 395 g/mol. The summed E-state index contributed by atoms with van der Waals surface area (Å²) >= 11 is 12.0. The standard InChI is InChI=1S/C19H20Cl2N2O3/c1-11(2)18(24)23-17-9-13(19(25)26-3)5-7-16(17)22-10-12-4-6-14(20)15(21)8-12/h4-9,11,22H,10H2,1-3H3,(H,23,24). The molecule has 0 heterocycles. The first-order valence-corrected chi connectivity index (χ1v) is 8.78. The second-order valence-corrected chi connectivity index (χ2v) is 6.81. The summed E-state index contributed by atoms with van der Waals surface area (Å²) in [5, 5.41) is 7.03. The molecule has 0 saturated heterocycles. The molecular formula is C19H20Cl2N2O3. The fourth-order valence-corrected chi connectivity index (χ4v) is 2.49. The number of hydrogen-bond donors (Lipinski definition) is 2. The predicted octanol–water partition coefficient (Wildman–Crippen LogP) is 4.99. The second kappa shape index (κ2) is 8.92. The highest BCUT2D eigenvalue weighted by molar-refractivity contribution is 6.42. The van der Waals surface area contributed by atoms with E-state index in [2.05, 4.69) is 10.6 Å². The van der Waals surface area contributed by atoms with Crippen LogP contribution in [0.2, 0.25) is 10.0 Å². The Morgan fingerprint density at radius 1 is 1.04 bits per heavy atom. The van der Waals surface area contributed by atoms with Gasteiger partial charge < -0.3 is 15.4 Å². The lowest BCUT2D eigenvalue weighted by Crippen LogP contribution is -2.19. The lowest BCUT2D eigenvalue weighted by molar-refractivity contribution is -0.118. The van der Waals surface area contributed by atoms with Crippen LogP contribution in [0.15, 0.2) is 36.4 Å². The van der Waals surface area contributed by atoms with Gasteiger partial charge >= 0.3 is 5.97 Å². The molecule has 0 fully saturated rings. The van der Waals surface area contributed by atoms with Crippen molar-refractivity contribution in [2.24, 2.45) is 5.92 Å². The number of anilines is 2. The number of hydrogen-bond acceptors (Lipinski definition) is 4. The highest BCUT2D eigenvalue weighted by Crippen LogP contribution is 2.27. The average Bonchev–Trinajstić information content (AvgIpc) is 2.62. The molecule has 0 bridgehead atoms. The number of nitrogens with one attached hydrogen (secondary N) is 2. The Bertz CT molecular complexity index is 822. The third kappa shape index (κ3) is 5.13. The highest BCUT2D eigenvalue weighted by Gasteiger charge is 2.14. The van der Waals surface area contributed by atoms with Gasteiger partial charge in [0.25, 0.3) is 0 Å². The maximum atomic E-state index is 12.1. The minimum absolute atomic E-state index is 0.149. The van der Waals surface area contributed by atoms with Gasteiger partial charge in [-0.15, -0.1) is 0 Å². The lowest BCUT2D eigenvalue weighted by Gasteiger charge is -2.16. The first kappa shape index (κ1) is 20.1. The van der Waals surface area contributed by atoms with Gasteiger partial charge in [0, 0.05) is 12.5 Å². The Kier molecular flexibility index (Phi) is 6.89. The van der Waals surface area contributed by atoms with Crippen molar-refractivity contribution in [2.75, 3.05) is 17.7 Å². The van der Waals surface area contributed by atoms with Gasteiger partial charge in [-0.05, 0) is 35.9 Å². The third-order valence-corrected chi connectivity index (χ3v) is 4.43. The lowest BCUT2D eigenvalue weighted by atomic mass is 10.1. The molecule has 2 aromatic carbocycles. The number of rotatable bonds is 6. The molecule has 2 rings (SSSR count). The van der Waals surface area contributed by atoms with Gasteiger partial charge in [0.05, 0.1) is 34.1 Å². The van der Waals surface area contributed by atoms with Gasteiger partial charge in [-0.3, -0.25) is 4.79 Å². The molecule has 0 atom stereocenters. The zero-order valence-corrected chi connectivity index (χ0v) is 16.2. The summed E-state index contributed by atoms with van der Waals surface area (Å²) in [6, 6.07) is 10.3. The van der Waals surface area contributed by atoms with Crippen LogP contribution < -0.4 is 10.6 Å². The Balaban J connectivity index is 2.25. The van der Waals surface area contributed by atoms with E-state index in [1.807, 2.05) is 6.07 Å². The van der Waals surface area contributed by atoms with Crippen molar-refractivity contribution < 1.29 is 14.3 Å². The normalized spacial score (nSPS) is 10.5. The number of halogens is 2. The Morgan fingerprint density at radius 2 is 1.77 bits per heavy atom. The molecule has 2 aromatic rings. The molecule has 2 N–H and O–H groups in total. The maximum absolute atomic E-state index is 12.1. The Morgan fingerprint density at radius 3 is 2.38 bits per heavy atom. The Labute approximate surface area is 162 Å². The van der Waals surface area contributed by atoms with E-state index < -0.39 is 5.97 Å². The van der Waals surface area contributed by atoms with Crippen LogP contribution in [0.25, 0.3) is 0 Å². The molecule has 7 heteroatoms. The van der Waals surface area contributed by atoms with Crippen molar-refractivity contribution in [1.29, 1.82) is 0 Å².